The van der Waals surface area contributed by atoms with E-state index in [2.05, 4.69) is 16.5 Å². The van der Waals surface area contributed by atoms with Gasteiger partial charge in [-0.1, -0.05) is 0 Å². The number of hydrazine groups is 1. The summed E-state index contributed by atoms with van der Waals surface area (Å²) in [6.45, 7) is 0.749. The Kier molecular flexibility index (Phi) is 2.76. The van der Waals surface area contributed by atoms with Crippen LogP contribution in [-0.2, 0) is 4.74 Å². The van der Waals surface area contributed by atoms with Crippen molar-refractivity contribution in [2.45, 2.75) is 12.5 Å². The van der Waals surface area contributed by atoms with E-state index < -0.39 is 0 Å². The molecule has 0 spiro atoms. The number of nitrogens with zero attached hydrogens (tertiary/aromatic N) is 1. The molecule has 0 saturated carbocycles. The first-order chi connectivity index (χ1) is 6.92. The smallest absolute Gasteiger partial charge is 0.115 e. The fourth-order valence-corrected chi connectivity index (χ4v) is 1.54. The zero-order valence-corrected chi connectivity index (χ0v) is 7.81. The Morgan fingerprint density at radius 1 is 1.43 bits per heavy atom. The third-order valence-corrected chi connectivity index (χ3v) is 2.22. The van der Waals surface area contributed by atoms with Crippen molar-refractivity contribution in [2.75, 3.05) is 6.61 Å². The second-order valence-corrected chi connectivity index (χ2v) is 3.12. The number of aromatic nitrogens is 1. The standard InChI is InChI=1S/C10H13N3O/c11-13-10(9-2-1-7-14-9)8-3-5-12-6-4-8/h2-6,10,13H,1,7,11H2. The minimum absolute atomic E-state index is 0.0551. The average Bonchev–Trinajstić information content (AvgIpc) is 2.74. The van der Waals surface area contributed by atoms with Gasteiger partial charge in [0.1, 0.15) is 11.8 Å². The maximum absolute atomic E-state index is 5.49. The van der Waals surface area contributed by atoms with Gasteiger partial charge in [0, 0.05) is 18.8 Å². The number of hydrogen-bond acceptors (Lipinski definition) is 4. The van der Waals surface area contributed by atoms with Gasteiger partial charge in [0.2, 0.25) is 0 Å². The molecular weight excluding hydrogens is 178 g/mol. The van der Waals surface area contributed by atoms with E-state index >= 15 is 0 Å². The molecule has 4 nitrogen and oxygen atoms in total. The number of hydrogen-bond donors (Lipinski definition) is 2. The van der Waals surface area contributed by atoms with Crippen molar-refractivity contribution in [2.24, 2.45) is 5.84 Å². The normalized spacial score (nSPS) is 17.4. The highest BCUT2D eigenvalue weighted by Gasteiger charge is 2.18. The second-order valence-electron chi connectivity index (χ2n) is 3.12. The van der Waals surface area contributed by atoms with Crippen LogP contribution in [0.15, 0.2) is 36.4 Å². The lowest BCUT2D eigenvalue weighted by Gasteiger charge is -2.16. The minimum Gasteiger partial charge on any atom is -0.496 e. The second kappa shape index (κ2) is 4.21. The average molecular weight is 191 g/mol. The third kappa shape index (κ3) is 1.76. The molecule has 1 aromatic rings. The zero-order valence-electron chi connectivity index (χ0n) is 7.81. The summed E-state index contributed by atoms with van der Waals surface area (Å²) >= 11 is 0. The highest BCUT2D eigenvalue weighted by molar-refractivity contribution is 5.24. The van der Waals surface area contributed by atoms with Crippen LogP contribution in [0.25, 0.3) is 0 Å². The van der Waals surface area contributed by atoms with Gasteiger partial charge < -0.3 is 4.74 Å². The summed E-state index contributed by atoms with van der Waals surface area (Å²) in [6.07, 6.45) is 6.51. The van der Waals surface area contributed by atoms with Crippen LogP contribution in [0.2, 0.25) is 0 Å². The molecule has 4 heteroatoms. The summed E-state index contributed by atoms with van der Waals surface area (Å²) in [6, 6.07) is 3.79. The molecule has 1 aliphatic rings. The molecule has 2 rings (SSSR count). The molecule has 74 valence electrons. The maximum Gasteiger partial charge on any atom is 0.115 e. The van der Waals surface area contributed by atoms with Gasteiger partial charge in [-0.2, -0.15) is 0 Å². The van der Waals surface area contributed by atoms with Crippen molar-refractivity contribution in [3.63, 3.8) is 0 Å². The van der Waals surface area contributed by atoms with Crippen molar-refractivity contribution in [1.29, 1.82) is 0 Å². The topological polar surface area (TPSA) is 60.2 Å². The summed E-state index contributed by atoms with van der Waals surface area (Å²) in [5.74, 6) is 6.39. The molecule has 1 aliphatic heterocycles. The Hall–Kier alpha value is -1.39. The molecule has 1 unspecified atom stereocenters. The largest absolute Gasteiger partial charge is 0.496 e. The van der Waals surface area contributed by atoms with Crippen LogP contribution in [0.4, 0.5) is 0 Å². The van der Waals surface area contributed by atoms with Gasteiger partial charge >= 0.3 is 0 Å². The lowest BCUT2D eigenvalue weighted by molar-refractivity contribution is 0.215. The van der Waals surface area contributed by atoms with Gasteiger partial charge in [-0.05, 0) is 23.8 Å². The van der Waals surface area contributed by atoms with Crippen LogP contribution in [0, 0.1) is 0 Å². The predicted octanol–water partition coefficient (Wildman–Crippen LogP) is 0.890. The van der Waals surface area contributed by atoms with E-state index in [1.165, 1.54) is 0 Å². The fourth-order valence-electron chi connectivity index (χ4n) is 1.54. The van der Waals surface area contributed by atoms with E-state index in [1.807, 2.05) is 12.1 Å². The molecule has 0 amide bonds. The van der Waals surface area contributed by atoms with Gasteiger partial charge in [0.05, 0.1) is 6.61 Å². The fraction of sp³-hybridized carbons (Fsp3) is 0.300. The van der Waals surface area contributed by atoms with Crippen LogP contribution >= 0.6 is 0 Å². The van der Waals surface area contributed by atoms with Gasteiger partial charge in [-0.25, -0.2) is 5.43 Å². The van der Waals surface area contributed by atoms with E-state index in [9.17, 15) is 0 Å². The van der Waals surface area contributed by atoms with Crippen molar-refractivity contribution in [3.8, 4) is 0 Å². The third-order valence-electron chi connectivity index (χ3n) is 2.22. The van der Waals surface area contributed by atoms with E-state index in [1.54, 1.807) is 12.4 Å². The molecule has 0 aliphatic carbocycles. The summed E-state index contributed by atoms with van der Waals surface area (Å²) in [5.41, 5.74) is 3.80. The summed E-state index contributed by atoms with van der Waals surface area (Å²) < 4.78 is 5.46. The Bertz CT molecular complexity index is 323. The van der Waals surface area contributed by atoms with Gasteiger partial charge in [-0.3, -0.25) is 10.8 Å². The molecule has 3 N–H and O–H groups in total. The minimum atomic E-state index is -0.0551. The van der Waals surface area contributed by atoms with Crippen LogP contribution in [0.3, 0.4) is 0 Å². The SMILES string of the molecule is NNC(C1=CCCO1)c1ccncc1. The van der Waals surface area contributed by atoms with Crippen molar-refractivity contribution >= 4 is 0 Å². The molecule has 0 radical (unpaired) electrons. The van der Waals surface area contributed by atoms with Gasteiger partial charge in [0.25, 0.3) is 0 Å². The van der Waals surface area contributed by atoms with Crippen LogP contribution < -0.4 is 11.3 Å². The molecule has 0 bridgehead atoms. The van der Waals surface area contributed by atoms with Crippen LogP contribution in [-0.4, -0.2) is 11.6 Å². The van der Waals surface area contributed by atoms with Crippen molar-refractivity contribution in [3.05, 3.63) is 41.9 Å². The molecule has 1 aromatic heterocycles. The van der Waals surface area contributed by atoms with Crippen molar-refractivity contribution < 1.29 is 4.74 Å². The molecule has 0 fully saturated rings. The van der Waals surface area contributed by atoms with E-state index in [4.69, 9.17) is 10.6 Å². The Balaban J connectivity index is 2.21. The number of pyridine rings is 1. The number of nitrogens with one attached hydrogen (secondary N) is 1. The van der Waals surface area contributed by atoms with E-state index in [0.29, 0.717) is 0 Å². The number of nitrogens with two attached hydrogens (primary N) is 1. The summed E-state index contributed by atoms with van der Waals surface area (Å²) in [4.78, 5) is 3.96. The number of rotatable bonds is 3. The molecule has 0 aromatic carbocycles. The van der Waals surface area contributed by atoms with Crippen LogP contribution in [0.1, 0.15) is 18.0 Å². The van der Waals surface area contributed by atoms with E-state index in [-0.39, 0.29) is 6.04 Å². The monoisotopic (exact) mass is 191 g/mol. The quantitative estimate of drug-likeness (QED) is 0.550. The maximum atomic E-state index is 5.49. The summed E-state index contributed by atoms with van der Waals surface area (Å²) in [7, 11) is 0. The first-order valence-corrected chi connectivity index (χ1v) is 4.60. The first kappa shape index (κ1) is 9.18. The lowest BCUT2D eigenvalue weighted by Crippen LogP contribution is -2.29. The summed E-state index contributed by atoms with van der Waals surface area (Å²) in [5, 5.41) is 0. The predicted molar refractivity (Wildman–Crippen MR) is 53.0 cm³/mol. The molecule has 0 saturated heterocycles. The van der Waals surface area contributed by atoms with Gasteiger partial charge in [0.15, 0.2) is 0 Å². The Labute approximate surface area is 82.8 Å². The molecule has 1 atom stereocenters. The molecule has 14 heavy (non-hydrogen) atoms. The number of ether oxygens (including phenoxy) is 1. The van der Waals surface area contributed by atoms with Crippen molar-refractivity contribution in [1.82, 2.24) is 10.4 Å². The first-order valence-electron chi connectivity index (χ1n) is 4.60. The highest BCUT2D eigenvalue weighted by Crippen LogP contribution is 2.24. The Morgan fingerprint density at radius 2 is 2.21 bits per heavy atom. The highest BCUT2D eigenvalue weighted by atomic mass is 16.5. The lowest BCUT2D eigenvalue weighted by atomic mass is 10.1. The molecular formula is C10H13N3O. The van der Waals surface area contributed by atoms with Gasteiger partial charge in [-0.15, -0.1) is 0 Å². The van der Waals surface area contributed by atoms with E-state index in [0.717, 1.165) is 24.4 Å². The Morgan fingerprint density at radius 3 is 2.79 bits per heavy atom. The molecule has 2 heterocycles. The van der Waals surface area contributed by atoms with Crippen LogP contribution in [0.5, 0.6) is 0 Å². The zero-order chi connectivity index (χ0) is 9.80.